The molecule has 1 aromatic rings. The zero-order valence-electron chi connectivity index (χ0n) is 11.7. The normalized spacial score (nSPS) is 15.5. The summed E-state index contributed by atoms with van der Waals surface area (Å²) in [5.74, 6) is 1.71. The molecule has 0 aliphatic carbocycles. The van der Waals surface area contributed by atoms with E-state index in [9.17, 15) is 0 Å². The molecule has 0 bridgehead atoms. The number of likely N-dealkylation sites (N-methyl/N-ethyl adjacent to an activating group) is 1. The zero-order valence-corrected chi connectivity index (χ0v) is 11.7. The molecule has 0 aliphatic rings. The molecule has 3 nitrogen and oxygen atoms in total. The molecule has 0 saturated carbocycles. The van der Waals surface area contributed by atoms with E-state index < -0.39 is 0 Å². The predicted molar refractivity (Wildman–Crippen MR) is 72.2 cm³/mol. The van der Waals surface area contributed by atoms with Crippen LogP contribution < -0.4 is 5.32 Å². The van der Waals surface area contributed by atoms with Gasteiger partial charge in [0.25, 0.3) is 0 Å². The molecule has 0 aromatic carbocycles. The Morgan fingerprint density at radius 1 is 1.29 bits per heavy atom. The van der Waals surface area contributed by atoms with Gasteiger partial charge in [-0.2, -0.15) is 0 Å². The van der Waals surface area contributed by atoms with Gasteiger partial charge in [0.2, 0.25) is 0 Å². The highest BCUT2D eigenvalue weighted by atomic mass is 16.3. The second-order valence-corrected chi connectivity index (χ2v) is 5.37. The molecule has 3 heteroatoms. The minimum atomic E-state index is 0.447. The van der Waals surface area contributed by atoms with Gasteiger partial charge in [-0.1, -0.05) is 13.8 Å². The lowest BCUT2D eigenvalue weighted by Gasteiger charge is -2.29. The van der Waals surface area contributed by atoms with Crippen LogP contribution in [0.2, 0.25) is 0 Å². The molecular formula is C14H26N2O. The minimum Gasteiger partial charge on any atom is -0.469 e. The average Bonchev–Trinajstić information content (AvgIpc) is 2.69. The van der Waals surface area contributed by atoms with Gasteiger partial charge in [-0.05, 0) is 39.1 Å². The summed E-state index contributed by atoms with van der Waals surface area (Å²) in [5.41, 5.74) is 0. The summed E-state index contributed by atoms with van der Waals surface area (Å²) in [6.45, 7) is 7.76. The van der Waals surface area contributed by atoms with Gasteiger partial charge in [0.15, 0.2) is 0 Å². The summed E-state index contributed by atoms with van der Waals surface area (Å²) in [5, 5.41) is 3.58. The van der Waals surface area contributed by atoms with Crippen LogP contribution in [0.3, 0.4) is 0 Å². The van der Waals surface area contributed by atoms with Crippen molar-refractivity contribution in [2.24, 2.45) is 5.92 Å². The third-order valence-corrected chi connectivity index (χ3v) is 3.20. The van der Waals surface area contributed by atoms with Crippen molar-refractivity contribution in [1.82, 2.24) is 10.2 Å². The van der Waals surface area contributed by atoms with Crippen LogP contribution in [0.5, 0.6) is 0 Å². The Kier molecular flexibility index (Phi) is 5.72. The van der Waals surface area contributed by atoms with E-state index in [0.717, 1.165) is 18.7 Å². The first-order valence-corrected chi connectivity index (χ1v) is 6.43. The minimum absolute atomic E-state index is 0.447. The number of hydrogen-bond donors (Lipinski definition) is 1. The number of hydrogen-bond acceptors (Lipinski definition) is 3. The van der Waals surface area contributed by atoms with E-state index in [4.69, 9.17) is 4.42 Å². The van der Waals surface area contributed by atoms with E-state index in [1.165, 1.54) is 0 Å². The molecule has 0 spiro atoms. The molecule has 0 aliphatic heterocycles. The molecule has 0 saturated heterocycles. The van der Waals surface area contributed by atoms with Crippen molar-refractivity contribution in [3.63, 3.8) is 0 Å². The molecule has 98 valence electrons. The van der Waals surface area contributed by atoms with Gasteiger partial charge in [-0.25, -0.2) is 0 Å². The molecule has 1 N–H and O–H groups in total. The van der Waals surface area contributed by atoms with Gasteiger partial charge in [-0.15, -0.1) is 0 Å². The Morgan fingerprint density at radius 2 is 2.00 bits per heavy atom. The third kappa shape index (κ3) is 4.92. The largest absolute Gasteiger partial charge is 0.469 e. The van der Waals surface area contributed by atoms with Crippen molar-refractivity contribution in [3.05, 3.63) is 24.2 Å². The maximum Gasteiger partial charge on any atom is 0.105 e. The summed E-state index contributed by atoms with van der Waals surface area (Å²) in [4.78, 5) is 2.29. The first kappa shape index (κ1) is 14.3. The Labute approximate surface area is 105 Å². The summed E-state index contributed by atoms with van der Waals surface area (Å²) >= 11 is 0. The van der Waals surface area contributed by atoms with E-state index >= 15 is 0 Å². The summed E-state index contributed by atoms with van der Waals surface area (Å²) < 4.78 is 5.36. The highest BCUT2D eigenvalue weighted by molar-refractivity contribution is 5.00. The topological polar surface area (TPSA) is 28.4 Å². The maximum atomic E-state index is 5.36. The molecule has 0 amide bonds. The van der Waals surface area contributed by atoms with Gasteiger partial charge in [0.1, 0.15) is 5.76 Å². The first-order chi connectivity index (χ1) is 8.00. The van der Waals surface area contributed by atoms with Crippen molar-refractivity contribution in [3.8, 4) is 0 Å². The molecule has 2 unspecified atom stereocenters. The van der Waals surface area contributed by atoms with E-state index in [0.29, 0.717) is 18.0 Å². The number of nitrogens with zero attached hydrogens (tertiary/aromatic N) is 1. The monoisotopic (exact) mass is 238 g/mol. The highest BCUT2D eigenvalue weighted by Crippen LogP contribution is 2.08. The van der Waals surface area contributed by atoms with Crippen LogP contribution >= 0.6 is 0 Å². The second-order valence-electron chi connectivity index (χ2n) is 5.37. The van der Waals surface area contributed by atoms with Crippen LogP contribution in [0.25, 0.3) is 0 Å². The lowest BCUT2D eigenvalue weighted by Crippen LogP contribution is -2.44. The zero-order chi connectivity index (χ0) is 12.8. The van der Waals surface area contributed by atoms with Crippen LogP contribution in [-0.4, -0.2) is 37.6 Å². The average molecular weight is 238 g/mol. The van der Waals surface area contributed by atoms with Crippen molar-refractivity contribution >= 4 is 0 Å². The van der Waals surface area contributed by atoms with E-state index in [2.05, 4.69) is 45.1 Å². The summed E-state index contributed by atoms with van der Waals surface area (Å²) in [6.07, 6.45) is 2.68. The van der Waals surface area contributed by atoms with Crippen LogP contribution in [0, 0.1) is 5.92 Å². The summed E-state index contributed by atoms with van der Waals surface area (Å²) in [6, 6.07) is 5.00. The molecule has 0 fully saturated rings. The van der Waals surface area contributed by atoms with Crippen LogP contribution in [0.1, 0.15) is 26.5 Å². The SMILES string of the molecule is CC(Cc1ccco1)NCC(C(C)C)N(C)C. The lowest BCUT2D eigenvalue weighted by atomic mass is 10.0. The maximum absolute atomic E-state index is 5.36. The van der Waals surface area contributed by atoms with Crippen molar-refractivity contribution < 1.29 is 4.42 Å². The van der Waals surface area contributed by atoms with Crippen molar-refractivity contribution in [2.45, 2.75) is 39.3 Å². The van der Waals surface area contributed by atoms with Gasteiger partial charge in [0, 0.05) is 25.0 Å². The fraction of sp³-hybridized carbons (Fsp3) is 0.714. The van der Waals surface area contributed by atoms with Crippen LogP contribution in [0.4, 0.5) is 0 Å². The van der Waals surface area contributed by atoms with E-state index in [-0.39, 0.29) is 0 Å². The van der Waals surface area contributed by atoms with Crippen molar-refractivity contribution in [1.29, 1.82) is 0 Å². The van der Waals surface area contributed by atoms with Crippen molar-refractivity contribution in [2.75, 3.05) is 20.6 Å². The molecule has 0 radical (unpaired) electrons. The number of nitrogens with one attached hydrogen (secondary N) is 1. The van der Waals surface area contributed by atoms with Crippen LogP contribution in [0.15, 0.2) is 22.8 Å². The Morgan fingerprint density at radius 3 is 2.47 bits per heavy atom. The van der Waals surface area contributed by atoms with E-state index in [1.807, 2.05) is 12.1 Å². The van der Waals surface area contributed by atoms with Gasteiger partial charge < -0.3 is 14.6 Å². The smallest absolute Gasteiger partial charge is 0.105 e. The second kappa shape index (κ2) is 6.82. The van der Waals surface area contributed by atoms with E-state index in [1.54, 1.807) is 6.26 Å². The van der Waals surface area contributed by atoms with Gasteiger partial charge in [-0.3, -0.25) is 0 Å². The number of rotatable bonds is 7. The molecule has 2 atom stereocenters. The quantitative estimate of drug-likeness (QED) is 0.790. The summed E-state index contributed by atoms with van der Waals surface area (Å²) in [7, 11) is 4.28. The Bertz CT molecular complexity index is 285. The molecule has 17 heavy (non-hydrogen) atoms. The molecule has 1 heterocycles. The lowest BCUT2D eigenvalue weighted by molar-refractivity contribution is 0.219. The highest BCUT2D eigenvalue weighted by Gasteiger charge is 2.16. The van der Waals surface area contributed by atoms with Gasteiger partial charge in [0.05, 0.1) is 6.26 Å². The Hall–Kier alpha value is -0.800. The Balaban J connectivity index is 2.33. The fourth-order valence-electron chi connectivity index (χ4n) is 2.14. The van der Waals surface area contributed by atoms with Gasteiger partial charge >= 0.3 is 0 Å². The number of furan rings is 1. The standard InChI is InChI=1S/C14H26N2O/c1-11(2)14(16(4)5)10-15-12(3)9-13-7-6-8-17-13/h6-8,11-12,14-15H,9-10H2,1-5H3. The molecular weight excluding hydrogens is 212 g/mol. The fourth-order valence-corrected chi connectivity index (χ4v) is 2.14. The third-order valence-electron chi connectivity index (χ3n) is 3.20. The molecule has 1 rings (SSSR count). The molecule has 1 aromatic heterocycles. The first-order valence-electron chi connectivity index (χ1n) is 6.43. The van der Waals surface area contributed by atoms with Crippen LogP contribution in [-0.2, 0) is 6.42 Å². The predicted octanol–water partition coefficient (Wildman–Crippen LogP) is 2.39.